The molecule has 0 aliphatic heterocycles. The summed E-state index contributed by atoms with van der Waals surface area (Å²) in [4.78, 5) is 17.8. The second kappa shape index (κ2) is 22.3. The lowest BCUT2D eigenvalue weighted by atomic mass is 10.0. The van der Waals surface area contributed by atoms with Crippen LogP contribution in [-0.2, 0) is 9.09 Å². The third kappa shape index (κ3) is 25.0. The van der Waals surface area contributed by atoms with Crippen LogP contribution in [0.1, 0.15) is 142 Å². The Morgan fingerprint density at radius 2 is 1.00 bits per heavy atom. The molecule has 0 aromatic rings. The largest absolute Gasteiger partial charge is 0.470 e. The Bertz CT molecular complexity index is 457. The maximum Gasteiger partial charge on any atom is 0.470 e. The molecule has 0 aromatic carbocycles. The number of phosphoric acid groups is 1. The summed E-state index contributed by atoms with van der Waals surface area (Å²) in [7, 11) is -4.51. The first-order valence-corrected chi connectivity index (χ1v) is 15.2. The Hall–Kier alpha value is 0.550. The van der Waals surface area contributed by atoms with Crippen LogP contribution in [0.25, 0.3) is 0 Å². The molecule has 0 rings (SSSR count). The van der Waals surface area contributed by atoms with Gasteiger partial charge in [-0.3, -0.25) is 4.52 Å². The van der Waals surface area contributed by atoms with Crippen molar-refractivity contribution >= 4 is 36.9 Å². The van der Waals surface area contributed by atoms with Gasteiger partial charge >= 0.3 is 7.82 Å². The van der Waals surface area contributed by atoms with Gasteiger partial charge < -0.3 is 9.79 Å². The van der Waals surface area contributed by atoms with Crippen LogP contribution in [0, 0.1) is 0 Å². The summed E-state index contributed by atoms with van der Waals surface area (Å²) >= 11 is 8.92. The fourth-order valence-electron chi connectivity index (χ4n) is 3.97. The lowest BCUT2D eigenvalue weighted by Crippen LogP contribution is -2.17. The summed E-state index contributed by atoms with van der Waals surface area (Å²) in [5, 5.41) is 0. The Kier molecular flexibility index (Phi) is 22.7. The Labute approximate surface area is 203 Å². The van der Waals surface area contributed by atoms with Crippen LogP contribution in [0.3, 0.4) is 0 Å². The van der Waals surface area contributed by atoms with Gasteiger partial charge in [-0.05, 0) is 6.42 Å². The van der Waals surface area contributed by atoms with Crippen LogP contribution in [0.4, 0.5) is 0 Å². The van der Waals surface area contributed by atoms with Crippen LogP contribution in [0.5, 0.6) is 0 Å². The molecule has 0 aliphatic rings. The molecular formula is C24H49O4PS2. The molecule has 0 fully saturated rings. The number of phosphoric ester groups is 1. The predicted molar refractivity (Wildman–Crippen MR) is 141 cm³/mol. The molecular weight excluding hydrogens is 447 g/mol. The van der Waals surface area contributed by atoms with E-state index in [0.29, 0.717) is 6.42 Å². The van der Waals surface area contributed by atoms with Gasteiger partial charge in [-0.25, -0.2) is 4.57 Å². The fourth-order valence-corrected chi connectivity index (χ4v) is 5.02. The maximum absolute atomic E-state index is 10.9. The number of rotatable bonds is 24. The molecule has 0 aromatic heterocycles. The zero-order valence-electron chi connectivity index (χ0n) is 19.9. The molecule has 0 spiro atoms. The highest BCUT2D eigenvalue weighted by atomic mass is 32.1. The van der Waals surface area contributed by atoms with E-state index in [1.807, 2.05) is 0 Å². The summed E-state index contributed by atoms with van der Waals surface area (Å²) in [6, 6.07) is 0. The summed E-state index contributed by atoms with van der Waals surface area (Å²) < 4.78 is 15.8. The topological polar surface area (TPSA) is 66.8 Å². The monoisotopic (exact) mass is 496 g/mol. The first-order chi connectivity index (χ1) is 14.9. The number of unbranched alkanes of at least 4 members (excludes halogenated alkanes) is 19. The average Bonchev–Trinajstić information content (AvgIpc) is 2.70. The van der Waals surface area contributed by atoms with E-state index in [1.54, 1.807) is 0 Å². The molecule has 0 saturated carbocycles. The van der Waals surface area contributed by atoms with Crippen molar-refractivity contribution in [3.05, 3.63) is 0 Å². The average molecular weight is 497 g/mol. The molecule has 2 N–H and O–H groups in total. The third-order valence-corrected chi connectivity index (χ3v) is 6.94. The number of hydrogen-bond acceptors (Lipinski definition) is 3. The fraction of sp³-hybridized carbons (Fsp3) is 0.958. The maximum atomic E-state index is 10.9. The predicted octanol–water partition coefficient (Wildman–Crippen LogP) is 8.93. The van der Waals surface area contributed by atoms with Gasteiger partial charge in [-0.2, -0.15) is 0 Å². The van der Waals surface area contributed by atoms with Gasteiger partial charge in [-0.15, -0.1) is 12.6 Å². The molecule has 0 bridgehead atoms. The molecule has 4 nitrogen and oxygen atoms in total. The highest BCUT2D eigenvalue weighted by Crippen LogP contribution is 2.39. The van der Waals surface area contributed by atoms with Crippen molar-refractivity contribution in [2.75, 3.05) is 0 Å². The van der Waals surface area contributed by atoms with E-state index in [2.05, 4.69) is 24.1 Å². The minimum absolute atomic E-state index is 0.209. The van der Waals surface area contributed by atoms with Gasteiger partial charge in [0.1, 0.15) is 6.10 Å². The quantitative estimate of drug-likeness (QED) is 0.0538. The molecule has 1 unspecified atom stereocenters. The highest BCUT2D eigenvalue weighted by molar-refractivity contribution is 8.11. The SMILES string of the molecule is CCCCCCCCCCCCCCCCCCCCCCC(OP(=O)(O)O)C(=S)S. The number of thiocarbonyl (C=S) groups is 1. The zero-order chi connectivity index (χ0) is 23.2. The second-order valence-corrected chi connectivity index (χ2v) is 11.3. The van der Waals surface area contributed by atoms with Crippen molar-refractivity contribution in [2.24, 2.45) is 0 Å². The number of thiol groups is 1. The van der Waals surface area contributed by atoms with Crippen LogP contribution in [-0.4, -0.2) is 20.1 Å². The van der Waals surface area contributed by atoms with Gasteiger partial charge in [0.05, 0.1) is 4.20 Å². The van der Waals surface area contributed by atoms with E-state index in [4.69, 9.17) is 22.0 Å². The molecule has 0 amide bonds. The third-order valence-electron chi connectivity index (χ3n) is 5.86. The first-order valence-electron chi connectivity index (χ1n) is 12.8. The molecule has 7 heteroatoms. The van der Waals surface area contributed by atoms with E-state index < -0.39 is 13.9 Å². The van der Waals surface area contributed by atoms with Gasteiger partial charge in [0, 0.05) is 0 Å². The van der Waals surface area contributed by atoms with Crippen molar-refractivity contribution in [3.63, 3.8) is 0 Å². The second-order valence-electron chi connectivity index (χ2n) is 8.93. The van der Waals surface area contributed by atoms with Crippen LogP contribution < -0.4 is 0 Å². The van der Waals surface area contributed by atoms with Crippen molar-refractivity contribution in [3.8, 4) is 0 Å². The van der Waals surface area contributed by atoms with E-state index >= 15 is 0 Å². The van der Waals surface area contributed by atoms with Crippen molar-refractivity contribution in [1.82, 2.24) is 0 Å². The minimum atomic E-state index is -4.51. The number of hydrogen-bond donors (Lipinski definition) is 3. The first kappa shape index (κ1) is 31.6. The summed E-state index contributed by atoms with van der Waals surface area (Å²) in [5.41, 5.74) is 0. The van der Waals surface area contributed by atoms with E-state index in [-0.39, 0.29) is 4.20 Å². The van der Waals surface area contributed by atoms with Crippen molar-refractivity contribution < 1.29 is 18.9 Å². The highest BCUT2D eigenvalue weighted by Gasteiger charge is 2.23. The summed E-state index contributed by atoms with van der Waals surface area (Å²) in [6.45, 7) is 2.28. The molecule has 1 atom stereocenters. The molecule has 0 radical (unpaired) electrons. The van der Waals surface area contributed by atoms with E-state index in [0.717, 1.165) is 19.3 Å². The minimum Gasteiger partial charge on any atom is -0.303 e. The van der Waals surface area contributed by atoms with Gasteiger partial charge in [0.25, 0.3) is 0 Å². The smallest absolute Gasteiger partial charge is 0.303 e. The Morgan fingerprint density at radius 1 is 0.710 bits per heavy atom. The van der Waals surface area contributed by atoms with Gasteiger partial charge in [-0.1, -0.05) is 148 Å². The van der Waals surface area contributed by atoms with Crippen LogP contribution in [0.15, 0.2) is 0 Å². The molecule has 0 saturated heterocycles. The van der Waals surface area contributed by atoms with E-state index in [9.17, 15) is 4.57 Å². The van der Waals surface area contributed by atoms with Crippen LogP contribution in [0.2, 0.25) is 0 Å². The Morgan fingerprint density at radius 3 is 1.26 bits per heavy atom. The van der Waals surface area contributed by atoms with Gasteiger partial charge in [0.15, 0.2) is 0 Å². The molecule has 186 valence electrons. The molecule has 31 heavy (non-hydrogen) atoms. The van der Waals surface area contributed by atoms with Crippen molar-refractivity contribution in [2.45, 2.75) is 148 Å². The lowest BCUT2D eigenvalue weighted by Gasteiger charge is -2.16. The normalized spacial score (nSPS) is 12.9. The zero-order valence-corrected chi connectivity index (χ0v) is 22.5. The standard InChI is InChI=1S/C24H49O4PS2/c1-2-3-4-5-6-7-8-9-10-11-12-13-14-15-16-17-18-19-20-21-22-23(24(30)31)28-29(25,26)27/h23H,2-22H2,1H3,(H,30,31)(H2,25,26,27). The van der Waals surface area contributed by atoms with Crippen LogP contribution >= 0.6 is 32.7 Å². The van der Waals surface area contributed by atoms with Crippen molar-refractivity contribution in [1.29, 1.82) is 0 Å². The van der Waals surface area contributed by atoms with E-state index in [1.165, 1.54) is 109 Å². The Balaban J connectivity index is 3.28. The molecule has 0 heterocycles. The summed E-state index contributed by atoms with van der Waals surface area (Å²) in [5.74, 6) is 0. The lowest BCUT2D eigenvalue weighted by molar-refractivity contribution is 0.166. The van der Waals surface area contributed by atoms with Gasteiger partial charge in [0.2, 0.25) is 0 Å². The summed E-state index contributed by atoms with van der Waals surface area (Å²) in [6.07, 6.45) is 26.4. The molecule has 0 aliphatic carbocycles.